The SMILES string of the molecule is CC1CN(C(=O)c2cc3c(cc2F)NC(=O)CC3)C(C)CN1.Cl. The Morgan fingerprint density at radius 2 is 2.04 bits per heavy atom. The third kappa shape index (κ3) is 3.48. The van der Waals surface area contributed by atoms with E-state index >= 15 is 0 Å². The lowest BCUT2D eigenvalue weighted by atomic mass is 9.98. The molecule has 0 radical (unpaired) electrons. The predicted octanol–water partition coefficient (Wildman–Crippen LogP) is 1.95. The van der Waals surface area contributed by atoms with Crippen molar-refractivity contribution >= 4 is 29.9 Å². The van der Waals surface area contributed by atoms with Crippen LogP contribution in [0.3, 0.4) is 0 Å². The minimum Gasteiger partial charge on any atom is -0.333 e. The zero-order valence-corrected chi connectivity index (χ0v) is 14.0. The van der Waals surface area contributed by atoms with Gasteiger partial charge in [-0.25, -0.2) is 4.39 Å². The molecule has 23 heavy (non-hydrogen) atoms. The van der Waals surface area contributed by atoms with Crippen LogP contribution in [0.2, 0.25) is 0 Å². The van der Waals surface area contributed by atoms with Gasteiger partial charge in [-0.3, -0.25) is 9.59 Å². The zero-order chi connectivity index (χ0) is 15.9. The van der Waals surface area contributed by atoms with Crippen LogP contribution in [0.1, 0.15) is 36.2 Å². The Bertz CT molecular complexity index is 638. The first-order valence-corrected chi connectivity index (χ1v) is 7.62. The van der Waals surface area contributed by atoms with E-state index in [4.69, 9.17) is 0 Å². The van der Waals surface area contributed by atoms with E-state index < -0.39 is 5.82 Å². The van der Waals surface area contributed by atoms with Gasteiger partial charge >= 0.3 is 0 Å². The summed E-state index contributed by atoms with van der Waals surface area (Å²) in [5.74, 6) is -0.974. The first-order valence-electron chi connectivity index (χ1n) is 7.62. The second-order valence-electron chi connectivity index (χ2n) is 6.15. The summed E-state index contributed by atoms with van der Waals surface area (Å²) in [5.41, 5.74) is 1.39. The van der Waals surface area contributed by atoms with Crippen LogP contribution in [0.5, 0.6) is 0 Å². The fourth-order valence-corrected chi connectivity index (χ4v) is 3.03. The number of amides is 2. The normalized spacial score (nSPS) is 23.6. The Morgan fingerprint density at radius 1 is 1.30 bits per heavy atom. The van der Waals surface area contributed by atoms with E-state index in [1.165, 1.54) is 6.07 Å². The van der Waals surface area contributed by atoms with Crippen molar-refractivity contribution in [3.63, 3.8) is 0 Å². The maximum Gasteiger partial charge on any atom is 0.257 e. The number of hydrogen-bond donors (Lipinski definition) is 2. The second kappa shape index (κ2) is 6.84. The molecule has 2 unspecified atom stereocenters. The number of carbonyl (C=O) groups excluding carboxylic acids is 2. The van der Waals surface area contributed by atoms with Crippen molar-refractivity contribution in [3.05, 3.63) is 29.1 Å². The number of hydrogen-bond acceptors (Lipinski definition) is 3. The van der Waals surface area contributed by atoms with E-state index in [-0.39, 0.29) is 41.9 Å². The number of aryl methyl sites for hydroxylation is 1. The van der Waals surface area contributed by atoms with Gasteiger partial charge in [-0.1, -0.05) is 0 Å². The standard InChI is InChI=1S/C16H20FN3O2.ClH/c1-9-8-20(10(2)7-18-9)16(22)12-5-11-3-4-15(21)19-14(11)6-13(12)17;/h5-6,9-10,18H,3-4,7-8H2,1-2H3,(H,19,21);1H. The van der Waals surface area contributed by atoms with Gasteiger partial charge in [0.25, 0.3) is 5.91 Å². The lowest BCUT2D eigenvalue weighted by molar-refractivity contribution is -0.116. The van der Waals surface area contributed by atoms with Crippen molar-refractivity contribution in [2.75, 3.05) is 18.4 Å². The molecule has 2 aliphatic rings. The number of fused-ring (bicyclic) bond motifs is 1. The summed E-state index contributed by atoms with van der Waals surface area (Å²) in [4.78, 5) is 25.8. The lowest BCUT2D eigenvalue weighted by Gasteiger charge is -2.37. The lowest BCUT2D eigenvalue weighted by Crippen LogP contribution is -2.56. The number of nitrogens with one attached hydrogen (secondary N) is 2. The van der Waals surface area contributed by atoms with Crippen LogP contribution in [0.25, 0.3) is 0 Å². The van der Waals surface area contributed by atoms with Gasteiger partial charge in [-0.2, -0.15) is 0 Å². The topological polar surface area (TPSA) is 61.4 Å². The molecule has 7 heteroatoms. The van der Waals surface area contributed by atoms with E-state index in [9.17, 15) is 14.0 Å². The van der Waals surface area contributed by atoms with Gasteiger partial charge in [-0.15, -0.1) is 12.4 Å². The molecular formula is C16H21ClFN3O2. The summed E-state index contributed by atoms with van der Waals surface area (Å²) in [6, 6.07) is 3.07. The minimum atomic E-state index is -0.579. The largest absolute Gasteiger partial charge is 0.333 e. The summed E-state index contributed by atoms with van der Waals surface area (Å²) in [7, 11) is 0. The van der Waals surface area contributed by atoms with Crippen molar-refractivity contribution in [1.82, 2.24) is 10.2 Å². The molecular weight excluding hydrogens is 321 g/mol. The Morgan fingerprint density at radius 3 is 2.78 bits per heavy atom. The highest BCUT2D eigenvalue weighted by atomic mass is 35.5. The smallest absolute Gasteiger partial charge is 0.257 e. The third-order valence-electron chi connectivity index (χ3n) is 4.34. The highest BCUT2D eigenvalue weighted by molar-refractivity contribution is 5.98. The molecule has 2 heterocycles. The molecule has 0 aromatic heterocycles. The number of rotatable bonds is 1. The van der Waals surface area contributed by atoms with Gasteiger partial charge in [-0.05, 0) is 38.0 Å². The predicted molar refractivity (Wildman–Crippen MR) is 88.6 cm³/mol. The van der Waals surface area contributed by atoms with Crippen molar-refractivity contribution in [3.8, 4) is 0 Å². The van der Waals surface area contributed by atoms with Crippen molar-refractivity contribution < 1.29 is 14.0 Å². The second-order valence-corrected chi connectivity index (χ2v) is 6.15. The van der Waals surface area contributed by atoms with Gasteiger partial charge < -0.3 is 15.5 Å². The monoisotopic (exact) mass is 341 g/mol. The van der Waals surface area contributed by atoms with E-state index in [0.29, 0.717) is 31.6 Å². The fraction of sp³-hybridized carbons (Fsp3) is 0.500. The van der Waals surface area contributed by atoms with Crippen LogP contribution in [0, 0.1) is 5.82 Å². The maximum absolute atomic E-state index is 14.3. The summed E-state index contributed by atoms with van der Waals surface area (Å²) < 4.78 is 14.3. The number of carbonyl (C=O) groups is 2. The molecule has 126 valence electrons. The van der Waals surface area contributed by atoms with E-state index in [0.717, 1.165) is 5.56 Å². The van der Waals surface area contributed by atoms with Crippen LogP contribution in [-0.2, 0) is 11.2 Å². The summed E-state index contributed by atoms with van der Waals surface area (Å²) in [6.07, 6.45) is 0.905. The van der Waals surface area contributed by atoms with Gasteiger partial charge in [0.05, 0.1) is 5.56 Å². The Labute approximate surface area is 141 Å². The molecule has 0 bridgehead atoms. The Balaban J connectivity index is 0.00000192. The third-order valence-corrected chi connectivity index (χ3v) is 4.34. The number of halogens is 2. The molecule has 2 aliphatic heterocycles. The zero-order valence-electron chi connectivity index (χ0n) is 13.2. The number of benzene rings is 1. The van der Waals surface area contributed by atoms with Crippen LogP contribution < -0.4 is 10.6 Å². The van der Waals surface area contributed by atoms with Crippen LogP contribution in [-0.4, -0.2) is 41.9 Å². The Kier molecular flexibility index (Phi) is 5.26. The molecule has 2 N–H and O–H groups in total. The first-order chi connectivity index (χ1) is 10.5. The molecule has 1 saturated heterocycles. The molecule has 0 spiro atoms. The molecule has 1 fully saturated rings. The molecule has 0 aliphatic carbocycles. The number of piperazine rings is 1. The maximum atomic E-state index is 14.3. The van der Waals surface area contributed by atoms with Crippen LogP contribution in [0.15, 0.2) is 12.1 Å². The molecule has 2 amide bonds. The molecule has 3 rings (SSSR count). The van der Waals surface area contributed by atoms with Crippen LogP contribution in [0.4, 0.5) is 10.1 Å². The fourth-order valence-electron chi connectivity index (χ4n) is 3.03. The average molecular weight is 342 g/mol. The van der Waals surface area contributed by atoms with Crippen molar-refractivity contribution in [2.24, 2.45) is 0 Å². The average Bonchev–Trinajstić information content (AvgIpc) is 2.48. The highest BCUT2D eigenvalue weighted by Gasteiger charge is 2.30. The van der Waals surface area contributed by atoms with Gasteiger partial charge in [0.2, 0.25) is 5.91 Å². The van der Waals surface area contributed by atoms with Crippen LogP contribution >= 0.6 is 12.4 Å². The first kappa shape index (κ1) is 17.7. The molecule has 1 aromatic carbocycles. The summed E-state index contributed by atoms with van der Waals surface area (Å²) in [5, 5.41) is 5.95. The van der Waals surface area contributed by atoms with E-state index in [1.807, 2.05) is 13.8 Å². The van der Waals surface area contributed by atoms with Gasteiger partial charge in [0.15, 0.2) is 0 Å². The van der Waals surface area contributed by atoms with Gasteiger partial charge in [0, 0.05) is 37.3 Å². The number of nitrogens with zero attached hydrogens (tertiary/aromatic N) is 1. The van der Waals surface area contributed by atoms with Gasteiger partial charge in [0.1, 0.15) is 5.82 Å². The molecule has 1 aromatic rings. The quantitative estimate of drug-likeness (QED) is 0.820. The van der Waals surface area contributed by atoms with E-state index in [1.54, 1.807) is 11.0 Å². The van der Waals surface area contributed by atoms with Crippen molar-refractivity contribution in [1.29, 1.82) is 0 Å². The van der Waals surface area contributed by atoms with Crippen molar-refractivity contribution in [2.45, 2.75) is 38.8 Å². The molecule has 0 saturated carbocycles. The summed E-state index contributed by atoms with van der Waals surface area (Å²) >= 11 is 0. The highest BCUT2D eigenvalue weighted by Crippen LogP contribution is 2.27. The minimum absolute atomic E-state index is 0. The Hall–Kier alpha value is -1.66. The number of anilines is 1. The molecule has 5 nitrogen and oxygen atoms in total. The summed E-state index contributed by atoms with van der Waals surface area (Å²) in [6.45, 7) is 5.22. The molecule has 2 atom stereocenters. The van der Waals surface area contributed by atoms with E-state index in [2.05, 4.69) is 10.6 Å².